The molecule has 0 aliphatic carbocycles. The number of hydrogen-bond donors (Lipinski definition) is 1. The zero-order valence-corrected chi connectivity index (χ0v) is 16.6. The van der Waals surface area contributed by atoms with E-state index in [1.165, 1.54) is 0 Å². The van der Waals surface area contributed by atoms with Crippen molar-refractivity contribution in [3.63, 3.8) is 0 Å². The lowest BCUT2D eigenvalue weighted by Crippen LogP contribution is -2.15. The highest BCUT2D eigenvalue weighted by Crippen LogP contribution is 2.37. The van der Waals surface area contributed by atoms with Crippen LogP contribution in [0.5, 0.6) is 11.5 Å². The van der Waals surface area contributed by atoms with Crippen molar-refractivity contribution in [1.82, 2.24) is 0 Å². The third kappa shape index (κ3) is 3.97. The molecular weight excluding hydrogens is 422 g/mol. The summed E-state index contributed by atoms with van der Waals surface area (Å²) < 4.78 is 17.0. The second kappa shape index (κ2) is 8.01. The van der Waals surface area contributed by atoms with Crippen molar-refractivity contribution in [2.24, 2.45) is 0 Å². The highest BCUT2D eigenvalue weighted by Gasteiger charge is 2.15. The predicted molar refractivity (Wildman–Crippen MR) is 105 cm³/mol. The van der Waals surface area contributed by atoms with Crippen LogP contribution < -0.4 is 14.8 Å². The van der Waals surface area contributed by atoms with Gasteiger partial charge < -0.3 is 19.2 Å². The molecule has 1 N–H and O–H groups in total. The smallest absolute Gasteiger partial charge is 0.229 e. The topological polar surface area (TPSA) is 60.7 Å². The summed E-state index contributed by atoms with van der Waals surface area (Å²) in [5.74, 6) is 1.05. The van der Waals surface area contributed by atoms with Crippen molar-refractivity contribution < 1.29 is 18.7 Å². The molecule has 0 unspecified atom stereocenters. The molecule has 1 amide bonds. The Kier molecular flexibility index (Phi) is 5.74. The van der Waals surface area contributed by atoms with E-state index in [0.29, 0.717) is 38.9 Å². The van der Waals surface area contributed by atoms with Crippen LogP contribution in [0.15, 0.2) is 45.5 Å². The van der Waals surface area contributed by atoms with E-state index in [-0.39, 0.29) is 12.3 Å². The van der Waals surface area contributed by atoms with E-state index in [4.69, 9.17) is 25.5 Å². The Morgan fingerprint density at radius 2 is 2.12 bits per heavy atom. The van der Waals surface area contributed by atoms with Gasteiger partial charge in [-0.1, -0.05) is 11.6 Å². The van der Waals surface area contributed by atoms with Crippen LogP contribution in [0.3, 0.4) is 0 Å². The molecule has 0 bridgehead atoms. The van der Waals surface area contributed by atoms with E-state index >= 15 is 0 Å². The highest BCUT2D eigenvalue weighted by molar-refractivity contribution is 9.10. The largest absolute Gasteiger partial charge is 0.497 e. The van der Waals surface area contributed by atoms with Crippen LogP contribution in [0.4, 0.5) is 5.69 Å². The number of carbonyl (C=O) groups excluding carboxylic acids is 1. The Morgan fingerprint density at radius 1 is 1.31 bits per heavy atom. The maximum absolute atomic E-state index is 12.5. The number of nitrogens with one attached hydrogen (secondary N) is 1. The Labute approximate surface area is 164 Å². The van der Waals surface area contributed by atoms with Gasteiger partial charge in [0.05, 0.1) is 36.6 Å². The maximum Gasteiger partial charge on any atom is 0.229 e. The molecule has 26 heavy (non-hydrogen) atoms. The van der Waals surface area contributed by atoms with Gasteiger partial charge in [0.15, 0.2) is 5.75 Å². The zero-order chi connectivity index (χ0) is 18.7. The number of methoxy groups -OCH3 is 1. The summed E-state index contributed by atoms with van der Waals surface area (Å²) in [6.45, 7) is 2.34. The van der Waals surface area contributed by atoms with E-state index in [1.54, 1.807) is 31.6 Å². The van der Waals surface area contributed by atoms with E-state index < -0.39 is 0 Å². The summed E-state index contributed by atoms with van der Waals surface area (Å²) in [6, 6.07) is 8.88. The summed E-state index contributed by atoms with van der Waals surface area (Å²) in [6.07, 6.45) is 1.75. The lowest BCUT2D eigenvalue weighted by Gasteiger charge is -2.13. The molecular formula is C19H17BrClNO4. The minimum Gasteiger partial charge on any atom is -0.497 e. The molecule has 0 atom stereocenters. The zero-order valence-electron chi connectivity index (χ0n) is 14.3. The monoisotopic (exact) mass is 437 g/mol. The number of benzene rings is 2. The minimum atomic E-state index is -0.196. The molecule has 0 aliphatic heterocycles. The number of hydrogen-bond acceptors (Lipinski definition) is 4. The normalized spacial score (nSPS) is 10.8. The molecule has 7 heteroatoms. The Morgan fingerprint density at radius 3 is 2.85 bits per heavy atom. The first-order valence-corrected chi connectivity index (χ1v) is 9.14. The molecule has 1 heterocycles. The van der Waals surface area contributed by atoms with Crippen molar-refractivity contribution in [1.29, 1.82) is 0 Å². The summed E-state index contributed by atoms with van der Waals surface area (Å²) >= 11 is 9.50. The highest BCUT2D eigenvalue weighted by atomic mass is 79.9. The molecule has 1 aromatic heterocycles. The molecule has 136 valence electrons. The number of carbonyl (C=O) groups is 1. The first-order valence-electron chi connectivity index (χ1n) is 7.97. The van der Waals surface area contributed by atoms with Crippen LogP contribution in [0, 0.1) is 0 Å². The van der Waals surface area contributed by atoms with Gasteiger partial charge in [-0.2, -0.15) is 0 Å². The average molecular weight is 439 g/mol. The molecule has 0 saturated carbocycles. The quantitative estimate of drug-likeness (QED) is 0.557. The van der Waals surface area contributed by atoms with E-state index in [0.717, 1.165) is 10.9 Å². The van der Waals surface area contributed by atoms with Crippen LogP contribution in [-0.4, -0.2) is 19.6 Å². The Bertz CT molecular complexity index is 954. The molecule has 0 radical (unpaired) electrons. The molecule has 0 spiro atoms. The van der Waals surface area contributed by atoms with Crippen molar-refractivity contribution in [2.75, 3.05) is 19.0 Å². The van der Waals surface area contributed by atoms with Gasteiger partial charge in [0.25, 0.3) is 0 Å². The number of furan rings is 1. The molecule has 3 rings (SSSR count). The molecule has 2 aromatic carbocycles. The average Bonchev–Trinajstić information content (AvgIpc) is 2.99. The lowest BCUT2D eigenvalue weighted by atomic mass is 10.1. The number of ether oxygens (including phenoxy) is 2. The molecule has 0 saturated heterocycles. The second-order valence-electron chi connectivity index (χ2n) is 5.55. The fourth-order valence-corrected chi connectivity index (χ4v) is 3.56. The summed E-state index contributed by atoms with van der Waals surface area (Å²) in [7, 11) is 1.59. The number of anilines is 1. The third-order valence-electron chi connectivity index (χ3n) is 3.79. The van der Waals surface area contributed by atoms with Gasteiger partial charge in [0.2, 0.25) is 5.91 Å². The van der Waals surface area contributed by atoms with Gasteiger partial charge in [-0.15, -0.1) is 0 Å². The Hall–Kier alpha value is -2.18. The second-order valence-corrected chi connectivity index (χ2v) is 6.84. The number of amides is 1. The van der Waals surface area contributed by atoms with Crippen LogP contribution in [0.1, 0.15) is 12.5 Å². The molecule has 3 aromatic rings. The summed E-state index contributed by atoms with van der Waals surface area (Å²) in [5.41, 5.74) is 1.98. The van der Waals surface area contributed by atoms with Crippen molar-refractivity contribution >= 4 is 50.1 Å². The summed E-state index contributed by atoms with van der Waals surface area (Å²) in [4.78, 5) is 12.5. The van der Waals surface area contributed by atoms with Crippen molar-refractivity contribution in [3.05, 3.63) is 51.7 Å². The molecule has 5 nitrogen and oxygen atoms in total. The van der Waals surface area contributed by atoms with Gasteiger partial charge >= 0.3 is 0 Å². The molecule has 0 fully saturated rings. The fraction of sp³-hybridized carbons (Fsp3) is 0.211. The van der Waals surface area contributed by atoms with Crippen LogP contribution in [0.2, 0.25) is 5.02 Å². The van der Waals surface area contributed by atoms with Crippen LogP contribution >= 0.6 is 27.5 Å². The van der Waals surface area contributed by atoms with Gasteiger partial charge in [-0.05, 0) is 47.1 Å². The van der Waals surface area contributed by atoms with Crippen LogP contribution in [-0.2, 0) is 11.2 Å². The minimum absolute atomic E-state index is 0.162. The van der Waals surface area contributed by atoms with Crippen molar-refractivity contribution in [2.45, 2.75) is 13.3 Å². The lowest BCUT2D eigenvalue weighted by molar-refractivity contribution is -0.115. The van der Waals surface area contributed by atoms with Gasteiger partial charge in [-0.25, -0.2) is 0 Å². The van der Waals surface area contributed by atoms with Crippen molar-refractivity contribution in [3.8, 4) is 11.5 Å². The standard InChI is InChI=1S/C19H17BrClNO4/c1-3-25-19-15(20)7-12(21)8-16(19)22-18(23)6-11-10-26-17-9-13(24-2)4-5-14(11)17/h4-5,7-10H,3,6H2,1-2H3,(H,22,23). The van der Waals surface area contributed by atoms with Crippen LogP contribution in [0.25, 0.3) is 11.0 Å². The first kappa shape index (κ1) is 18.6. The fourth-order valence-electron chi connectivity index (χ4n) is 2.64. The SMILES string of the molecule is CCOc1c(Br)cc(Cl)cc1NC(=O)Cc1coc2cc(OC)ccc12. The van der Waals surface area contributed by atoms with E-state index in [2.05, 4.69) is 21.2 Å². The third-order valence-corrected chi connectivity index (χ3v) is 4.59. The first-order chi connectivity index (χ1) is 12.5. The maximum atomic E-state index is 12.5. The summed E-state index contributed by atoms with van der Waals surface area (Å²) in [5, 5.41) is 4.23. The van der Waals surface area contributed by atoms with Gasteiger partial charge in [0, 0.05) is 22.0 Å². The Balaban J connectivity index is 1.81. The molecule has 0 aliphatic rings. The van der Waals surface area contributed by atoms with Gasteiger partial charge in [0.1, 0.15) is 11.3 Å². The number of halogens is 2. The number of fused-ring (bicyclic) bond motifs is 1. The predicted octanol–water partition coefficient (Wildman–Crippen LogP) is 5.44. The van der Waals surface area contributed by atoms with E-state index in [1.807, 2.05) is 19.1 Å². The van der Waals surface area contributed by atoms with E-state index in [9.17, 15) is 4.79 Å². The van der Waals surface area contributed by atoms with Gasteiger partial charge in [-0.3, -0.25) is 4.79 Å². The number of rotatable bonds is 6.